The predicted molar refractivity (Wildman–Crippen MR) is 87.3 cm³/mol. The van der Waals surface area contributed by atoms with Gasteiger partial charge in [-0.15, -0.1) is 0 Å². The van der Waals surface area contributed by atoms with E-state index in [1.807, 2.05) is 18.2 Å². The average Bonchev–Trinajstić information content (AvgIpc) is 2.61. The Morgan fingerprint density at radius 3 is 2.83 bits per heavy atom. The first-order valence-electron chi connectivity index (χ1n) is 7.85. The number of para-hydroxylation sites is 1. The number of amides is 1. The second kappa shape index (κ2) is 6.70. The third kappa shape index (κ3) is 3.08. The summed E-state index contributed by atoms with van der Waals surface area (Å²) < 4.78 is 5.78. The Labute approximate surface area is 139 Å². The minimum absolute atomic E-state index is 0.0875. The van der Waals surface area contributed by atoms with Crippen molar-refractivity contribution in [3.05, 3.63) is 58.9 Å². The van der Waals surface area contributed by atoms with Crippen LogP contribution in [0, 0.1) is 0 Å². The van der Waals surface area contributed by atoms with E-state index in [2.05, 4.69) is 17.2 Å². The van der Waals surface area contributed by atoms with E-state index in [1.165, 1.54) is 18.3 Å². The lowest BCUT2D eigenvalue weighted by Crippen LogP contribution is -2.32. The van der Waals surface area contributed by atoms with Gasteiger partial charge in [0.25, 0.3) is 5.91 Å². The minimum Gasteiger partial charge on any atom is -0.493 e. The molecule has 124 valence electrons. The van der Waals surface area contributed by atoms with Gasteiger partial charge in [0.05, 0.1) is 18.2 Å². The van der Waals surface area contributed by atoms with Crippen molar-refractivity contribution in [1.82, 2.24) is 10.3 Å². The van der Waals surface area contributed by atoms with Gasteiger partial charge in [0.1, 0.15) is 11.4 Å². The molecular formula is C18H18N2O4. The maximum atomic E-state index is 12.4. The van der Waals surface area contributed by atoms with Gasteiger partial charge in [-0.05, 0) is 24.1 Å². The predicted octanol–water partition coefficient (Wildman–Crippen LogP) is 2.60. The summed E-state index contributed by atoms with van der Waals surface area (Å²) >= 11 is 0. The Morgan fingerprint density at radius 1 is 1.33 bits per heavy atom. The van der Waals surface area contributed by atoms with E-state index in [0.29, 0.717) is 18.6 Å². The molecular weight excluding hydrogens is 308 g/mol. The number of aromatic nitrogens is 1. The number of aromatic carboxylic acids is 1. The first-order chi connectivity index (χ1) is 11.6. The highest BCUT2D eigenvalue weighted by molar-refractivity contribution is 5.95. The first kappa shape index (κ1) is 16.0. The van der Waals surface area contributed by atoms with E-state index in [0.717, 1.165) is 23.3 Å². The number of hydrogen-bond donors (Lipinski definition) is 2. The number of carbonyl (C=O) groups excluding carboxylic acids is 1. The average molecular weight is 326 g/mol. The summed E-state index contributed by atoms with van der Waals surface area (Å²) in [6.07, 6.45) is 2.83. The molecule has 0 radical (unpaired) electrons. The summed E-state index contributed by atoms with van der Waals surface area (Å²) in [5.41, 5.74) is 2.35. The van der Waals surface area contributed by atoms with Gasteiger partial charge in [0, 0.05) is 18.2 Å². The zero-order valence-electron chi connectivity index (χ0n) is 13.3. The standard InChI is InChI=1S/C18H18N2O4/c1-2-11-4-3-5-13-14(8-9-24-16(11)13)20-17(21)12-6-7-15(18(22)23)19-10-12/h3-7,10,14H,2,8-9H2,1H3,(H,20,21)(H,22,23). The number of rotatable bonds is 4. The van der Waals surface area contributed by atoms with Crippen molar-refractivity contribution >= 4 is 11.9 Å². The van der Waals surface area contributed by atoms with Gasteiger partial charge in [-0.2, -0.15) is 0 Å². The zero-order chi connectivity index (χ0) is 17.1. The van der Waals surface area contributed by atoms with Crippen molar-refractivity contribution in [2.75, 3.05) is 6.61 Å². The summed E-state index contributed by atoms with van der Waals surface area (Å²) in [6.45, 7) is 2.61. The lowest BCUT2D eigenvalue weighted by Gasteiger charge is -2.28. The molecule has 1 amide bonds. The van der Waals surface area contributed by atoms with Crippen molar-refractivity contribution < 1.29 is 19.4 Å². The van der Waals surface area contributed by atoms with Gasteiger partial charge in [-0.1, -0.05) is 25.1 Å². The third-order valence-corrected chi connectivity index (χ3v) is 4.09. The molecule has 1 aromatic heterocycles. The first-order valence-corrected chi connectivity index (χ1v) is 7.85. The van der Waals surface area contributed by atoms with Crippen molar-refractivity contribution in [2.24, 2.45) is 0 Å². The van der Waals surface area contributed by atoms with Gasteiger partial charge in [0.2, 0.25) is 0 Å². The summed E-state index contributed by atoms with van der Waals surface area (Å²) in [6, 6.07) is 8.61. The number of pyridine rings is 1. The van der Waals surface area contributed by atoms with E-state index in [9.17, 15) is 9.59 Å². The maximum Gasteiger partial charge on any atom is 0.354 e. The summed E-state index contributed by atoms with van der Waals surface area (Å²) in [7, 11) is 0. The number of carboxylic acids is 1. The molecule has 2 aromatic rings. The molecule has 6 nitrogen and oxygen atoms in total. The molecule has 0 bridgehead atoms. The molecule has 2 N–H and O–H groups in total. The van der Waals surface area contributed by atoms with Crippen LogP contribution in [0.5, 0.6) is 5.75 Å². The zero-order valence-corrected chi connectivity index (χ0v) is 13.3. The van der Waals surface area contributed by atoms with Crippen LogP contribution >= 0.6 is 0 Å². The number of nitrogens with one attached hydrogen (secondary N) is 1. The summed E-state index contributed by atoms with van der Waals surface area (Å²) in [4.78, 5) is 27.0. The number of aryl methyl sites for hydroxylation is 1. The second-order valence-corrected chi connectivity index (χ2v) is 5.59. The van der Waals surface area contributed by atoms with Gasteiger partial charge in [-0.3, -0.25) is 4.79 Å². The Hall–Kier alpha value is -2.89. The maximum absolute atomic E-state index is 12.4. The molecule has 0 aliphatic carbocycles. The molecule has 0 fully saturated rings. The van der Waals surface area contributed by atoms with E-state index in [1.54, 1.807) is 0 Å². The number of benzene rings is 1. The molecule has 0 saturated carbocycles. The number of ether oxygens (including phenoxy) is 1. The molecule has 0 spiro atoms. The molecule has 1 unspecified atom stereocenters. The van der Waals surface area contributed by atoms with Gasteiger partial charge in [0.15, 0.2) is 0 Å². The Bertz CT molecular complexity index is 771. The number of hydrogen-bond acceptors (Lipinski definition) is 4. The van der Waals surface area contributed by atoms with E-state index >= 15 is 0 Å². The fourth-order valence-electron chi connectivity index (χ4n) is 2.81. The normalized spacial score (nSPS) is 16.0. The molecule has 1 atom stereocenters. The van der Waals surface area contributed by atoms with Crippen molar-refractivity contribution in [1.29, 1.82) is 0 Å². The van der Waals surface area contributed by atoms with Crippen molar-refractivity contribution in [3.63, 3.8) is 0 Å². The Morgan fingerprint density at radius 2 is 2.17 bits per heavy atom. The Kier molecular flexibility index (Phi) is 4.46. The molecule has 1 aromatic carbocycles. The number of carboxylic acid groups (broad SMARTS) is 1. The van der Waals surface area contributed by atoms with Crippen molar-refractivity contribution in [3.8, 4) is 5.75 Å². The third-order valence-electron chi connectivity index (χ3n) is 4.09. The van der Waals surface area contributed by atoms with Crippen LogP contribution < -0.4 is 10.1 Å². The van der Waals surface area contributed by atoms with Gasteiger partial charge < -0.3 is 15.2 Å². The van der Waals surface area contributed by atoms with E-state index in [4.69, 9.17) is 9.84 Å². The van der Waals surface area contributed by atoms with Crippen molar-refractivity contribution in [2.45, 2.75) is 25.8 Å². The molecule has 2 heterocycles. The van der Waals surface area contributed by atoms with Gasteiger partial charge >= 0.3 is 5.97 Å². The fourth-order valence-corrected chi connectivity index (χ4v) is 2.81. The molecule has 24 heavy (non-hydrogen) atoms. The highest BCUT2D eigenvalue weighted by Crippen LogP contribution is 2.35. The lowest BCUT2D eigenvalue weighted by atomic mass is 9.96. The van der Waals surface area contributed by atoms with Crippen LogP contribution in [0.3, 0.4) is 0 Å². The summed E-state index contributed by atoms with van der Waals surface area (Å²) in [5, 5.41) is 11.8. The lowest BCUT2D eigenvalue weighted by molar-refractivity contribution is 0.0689. The van der Waals surface area contributed by atoms with Crippen LogP contribution in [-0.4, -0.2) is 28.6 Å². The van der Waals surface area contributed by atoms with E-state index in [-0.39, 0.29) is 17.6 Å². The largest absolute Gasteiger partial charge is 0.493 e. The SMILES string of the molecule is CCc1cccc2c1OCCC2NC(=O)c1ccc(C(=O)O)nc1. The molecule has 6 heteroatoms. The second-order valence-electron chi connectivity index (χ2n) is 5.59. The quantitative estimate of drug-likeness (QED) is 0.901. The number of nitrogens with zero attached hydrogens (tertiary/aromatic N) is 1. The topological polar surface area (TPSA) is 88.5 Å². The minimum atomic E-state index is -1.12. The van der Waals surface area contributed by atoms with Crippen LogP contribution in [0.4, 0.5) is 0 Å². The summed E-state index contributed by atoms with van der Waals surface area (Å²) in [5.74, 6) is -0.539. The Balaban J connectivity index is 1.80. The van der Waals surface area contributed by atoms with Crippen LogP contribution in [-0.2, 0) is 6.42 Å². The smallest absolute Gasteiger partial charge is 0.354 e. The molecule has 0 saturated heterocycles. The monoisotopic (exact) mass is 326 g/mol. The number of carbonyl (C=O) groups is 2. The molecule has 1 aliphatic rings. The number of fused-ring (bicyclic) bond motifs is 1. The highest BCUT2D eigenvalue weighted by Gasteiger charge is 2.25. The molecule has 3 rings (SSSR count). The van der Waals surface area contributed by atoms with Crippen LogP contribution in [0.2, 0.25) is 0 Å². The van der Waals surface area contributed by atoms with E-state index < -0.39 is 5.97 Å². The van der Waals surface area contributed by atoms with Crippen LogP contribution in [0.25, 0.3) is 0 Å². The van der Waals surface area contributed by atoms with Gasteiger partial charge in [-0.25, -0.2) is 9.78 Å². The van der Waals surface area contributed by atoms with Crippen LogP contribution in [0.15, 0.2) is 36.5 Å². The highest BCUT2D eigenvalue weighted by atomic mass is 16.5. The van der Waals surface area contributed by atoms with Crippen LogP contribution in [0.1, 0.15) is 51.4 Å². The molecule has 1 aliphatic heterocycles. The fraction of sp³-hybridized carbons (Fsp3) is 0.278.